The van der Waals surface area contributed by atoms with Crippen LogP contribution in [0, 0.1) is 5.41 Å². The lowest BCUT2D eigenvalue weighted by Gasteiger charge is -2.36. The van der Waals surface area contributed by atoms with Crippen molar-refractivity contribution in [2.24, 2.45) is 5.41 Å². The van der Waals surface area contributed by atoms with Crippen molar-refractivity contribution in [2.75, 3.05) is 6.54 Å². The van der Waals surface area contributed by atoms with Gasteiger partial charge >= 0.3 is 0 Å². The van der Waals surface area contributed by atoms with Crippen LogP contribution in [0.4, 0.5) is 0 Å². The molecule has 0 amide bonds. The van der Waals surface area contributed by atoms with Crippen LogP contribution in [0.5, 0.6) is 0 Å². The molecule has 1 fully saturated rings. The largest absolute Gasteiger partial charge is 0.313 e. The Hall–Kier alpha value is -0.820. The van der Waals surface area contributed by atoms with E-state index in [4.69, 9.17) is 0 Å². The van der Waals surface area contributed by atoms with E-state index < -0.39 is 0 Å². The molecule has 0 aliphatic heterocycles. The van der Waals surface area contributed by atoms with Crippen LogP contribution in [-0.2, 0) is 6.42 Å². The van der Waals surface area contributed by atoms with Gasteiger partial charge in [0.25, 0.3) is 0 Å². The first-order valence-electron chi connectivity index (χ1n) is 8.45. The minimum atomic E-state index is 0.579. The molecule has 1 aromatic carbocycles. The highest BCUT2D eigenvalue weighted by Gasteiger charge is 2.27. The predicted octanol–water partition coefficient (Wildman–Crippen LogP) is 4.66. The number of rotatable bonds is 3. The Morgan fingerprint density at radius 1 is 1.10 bits per heavy atom. The third-order valence-corrected chi connectivity index (χ3v) is 5.49. The molecule has 1 heteroatoms. The van der Waals surface area contributed by atoms with Crippen molar-refractivity contribution in [3.63, 3.8) is 0 Å². The number of hydrogen-bond donors (Lipinski definition) is 1. The maximum Gasteiger partial charge on any atom is 0.00677 e. The summed E-state index contributed by atoms with van der Waals surface area (Å²) >= 11 is 0. The van der Waals surface area contributed by atoms with Gasteiger partial charge in [-0.3, -0.25) is 0 Å². The molecule has 1 atom stereocenters. The van der Waals surface area contributed by atoms with Crippen LogP contribution in [0.15, 0.2) is 24.3 Å². The number of hydrogen-bond acceptors (Lipinski definition) is 1. The van der Waals surface area contributed by atoms with Gasteiger partial charge in [-0.1, -0.05) is 38.1 Å². The maximum atomic E-state index is 3.87. The lowest BCUT2D eigenvalue weighted by molar-refractivity contribution is 0.204. The highest BCUT2D eigenvalue weighted by molar-refractivity contribution is 5.32. The van der Waals surface area contributed by atoms with E-state index in [0.29, 0.717) is 5.41 Å². The molecule has 1 nitrogen and oxygen atoms in total. The molecule has 1 N–H and O–H groups in total. The van der Waals surface area contributed by atoms with Crippen molar-refractivity contribution in [3.8, 4) is 0 Å². The molecule has 0 saturated heterocycles. The van der Waals surface area contributed by atoms with E-state index in [0.717, 1.165) is 12.0 Å². The van der Waals surface area contributed by atoms with Crippen LogP contribution in [0.2, 0.25) is 0 Å². The number of fused-ring (bicyclic) bond motifs is 1. The molecule has 1 saturated carbocycles. The van der Waals surface area contributed by atoms with Gasteiger partial charge < -0.3 is 5.32 Å². The van der Waals surface area contributed by atoms with E-state index in [2.05, 4.69) is 43.4 Å². The Labute approximate surface area is 124 Å². The van der Waals surface area contributed by atoms with E-state index in [1.54, 1.807) is 11.1 Å². The highest BCUT2D eigenvalue weighted by Crippen LogP contribution is 2.36. The fourth-order valence-corrected chi connectivity index (χ4v) is 3.98. The highest BCUT2D eigenvalue weighted by atomic mass is 14.9. The number of aryl methyl sites for hydroxylation is 1. The summed E-state index contributed by atoms with van der Waals surface area (Å²) in [7, 11) is 0. The van der Waals surface area contributed by atoms with Crippen molar-refractivity contribution in [1.82, 2.24) is 5.32 Å². The van der Waals surface area contributed by atoms with Gasteiger partial charge in [0.1, 0.15) is 0 Å². The lowest BCUT2D eigenvalue weighted by Crippen LogP contribution is -2.38. The molecule has 0 heterocycles. The fourth-order valence-electron chi connectivity index (χ4n) is 3.98. The Morgan fingerprint density at radius 3 is 2.65 bits per heavy atom. The summed E-state index contributed by atoms with van der Waals surface area (Å²) in [6.45, 7) is 6.02. The van der Waals surface area contributed by atoms with Gasteiger partial charge in [0, 0.05) is 12.6 Å². The molecular formula is C19H29N. The first-order chi connectivity index (χ1) is 9.64. The molecule has 0 bridgehead atoms. The molecule has 0 aromatic heterocycles. The van der Waals surface area contributed by atoms with Crippen molar-refractivity contribution in [3.05, 3.63) is 35.4 Å². The van der Waals surface area contributed by atoms with Crippen LogP contribution < -0.4 is 5.32 Å². The standard InChI is InChI=1S/C19H29N/c1-19(2)12-10-17(11-13-19)20-14-16-8-5-7-15-6-3-4-9-18(15)16/h3-4,6,9,16-17,20H,5,7-8,10-14H2,1-2H3. The molecule has 110 valence electrons. The molecule has 2 aliphatic carbocycles. The monoisotopic (exact) mass is 271 g/mol. The zero-order valence-corrected chi connectivity index (χ0v) is 13.1. The molecule has 2 aliphatic rings. The Kier molecular flexibility index (Phi) is 4.16. The molecule has 1 unspecified atom stereocenters. The summed E-state index contributed by atoms with van der Waals surface area (Å²) in [5, 5.41) is 3.87. The minimum Gasteiger partial charge on any atom is -0.313 e. The van der Waals surface area contributed by atoms with Gasteiger partial charge in [0.2, 0.25) is 0 Å². The van der Waals surface area contributed by atoms with E-state index in [9.17, 15) is 0 Å². The third-order valence-electron chi connectivity index (χ3n) is 5.49. The Balaban J connectivity index is 1.55. The van der Waals surface area contributed by atoms with Gasteiger partial charge in [-0.05, 0) is 67.4 Å². The quantitative estimate of drug-likeness (QED) is 0.842. The predicted molar refractivity (Wildman–Crippen MR) is 86.2 cm³/mol. The van der Waals surface area contributed by atoms with E-state index in [1.807, 2.05) is 0 Å². The summed E-state index contributed by atoms with van der Waals surface area (Å²) in [5.74, 6) is 0.745. The molecular weight excluding hydrogens is 242 g/mol. The summed E-state index contributed by atoms with van der Waals surface area (Å²) in [6, 6.07) is 9.84. The summed E-state index contributed by atoms with van der Waals surface area (Å²) in [4.78, 5) is 0. The smallest absolute Gasteiger partial charge is 0.00677 e. The van der Waals surface area contributed by atoms with Gasteiger partial charge in [-0.2, -0.15) is 0 Å². The molecule has 1 aromatic rings. The van der Waals surface area contributed by atoms with E-state index in [-0.39, 0.29) is 0 Å². The molecule has 0 radical (unpaired) electrons. The zero-order valence-electron chi connectivity index (χ0n) is 13.1. The molecule has 3 rings (SSSR count). The summed E-state index contributed by atoms with van der Waals surface area (Å²) in [5.41, 5.74) is 3.79. The first-order valence-corrected chi connectivity index (χ1v) is 8.45. The zero-order chi connectivity index (χ0) is 14.0. The molecule has 0 spiro atoms. The van der Waals surface area contributed by atoms with Crippen LogP contribution in [0.25, 0.3) is 0 Å². The maximum absolute atomic E-state index is 3.87. The van der Waals surface area contributed by atoms with Crippen molar-refractivity contribution >= 4 is 0 Å². The van der Waals surface area contributed by atoms with Crippen molar-refractivity contribution in [1.29, 1.82) is 0 Å². The third kappa shape index (κ3) is 3.25. The van der Waals surface area contributed by atoms with Crippen LogP contribution >= 0.6 is 0 Å². The van der Waals surface area contributed by atoms with E-state index >= 15 is 0 Å². The Morgan fingerprint density at radius 2 is 1.85 bits per heavy atom. The van der Waals surface area contributed by atoms with Crippen molar-refractivity contribution in [2.45, 2.75) is 70.8 Å². The van der Waals surface area contributed by atoms with Gasteiger partial charge in [-0.15, -0.1) is 0 Å². The second-order valence-electron chi connectivity index (χ2n) is 7.63. The van der Waals surface area contributed by atoms with Crippen LogP contribution in [0.3, 0.4) is 0 Å². The first kappa shape index (κ1) is 14.1. The van der Waals surface area contributed by atoms with Crippen LogP contribution in [0.1, 0.15) is 69.4 Å². The second kappa shape index (κ2) is 5.89. The number of benzene rings is 1. The van der Waals surface area contributed by atoms with E-state index in [1.165, 1.54) is 51.5 Å². The minimum absolute atomic E-state index is 0.579. The van der Waals surface area contributed by atoms with Crippen LogP contribution in [-0.4, -0.2) is 12.6 Å². The van der Waals surface area contributed by atoms with Crippen molar-refractivity contribution < 1.29 is 0 Å². The summed E-state index contributed by atoms with van der Waals surface area (Å²) < 4.78 is 0. The average molecular weight is 271 g/mol. The van der Waals surface area contributed by atoms with Gasteiger partial charge in [0.15, 0.2) is 0 Å². The Bertz CT molecular complexity index is 439. The lowest BCUT2D eigenvalue weighted by atomic mass is 9.75. The average Bonchev–Trinajstić information content (AvgIpc) is 2.46. The summed E-state index contributed by atoms with van der Waals surface area (Å²) in [6.07, 6.45) is 9.49. The normalized spacial score (nSPS) is 26.2. The second-order valence-corrected chi connectivity index (χ2v) is 7.63. The van der Waals surface area contributed by atoms with Gasteiger partial charge in [0.05, 0.1) is 0 Å². The van der Waals surface area contributed by atoms with Gasteiger partial charge in [-0.25, -0.2) is 0 Å². The molecule has 20 heavy (non-hydrogen) atoms. The fraction of sp³-hybridized carbons (Fsp3) is 0.684. The number of nitrogens with one attached hydrogen (secondary N) is 1. The SMILES string of the molecule is CC1(C)CCC(NCC2CCCc3ccccc32)CC1. The topological polar surface area (TPSA) is 12.0 Å².